The number of hydrogen-bond donors (Lipinski definition) is 2. The molecule has 0 bridgehead atoms. The highest BCUT2D eigenvalue weighted by Crippen LogP contribution is 2.21. The third kappa shape index (κ3) is 2.85. The van der Waals surface area contributed by atoms with E-state index in [-0.39, 0.29) is 0 Å². The van der Waals surface area contributed by atoms with Crippen molar-refractivity contribution in [3.8, 4) is 0 Å². The fourth-order valence-electron chi connectivity index (χ4n) is 1.78. The van der Waals surface area contributed by atoms with Crippen molar-refractivity contribution in [2.45, 2.75) is 19.9 Å². The first kappa shape index (κ1) is 13.4. The molecule has 0 saturated carbocycles. The molecule has 1 unspecified atom stereocenters. The number of amides is 1. The minimum Gasteiger partial charge on any atom is -0.479 e. The number of rotatable bonds is 4. The molecule has 0 radical (unpaired) electrons. The molecule has 2 N–H and O–H groups in total. The molecule has 5 nitrogen and oxygen atoms in total. The van der Waals surface area contributed by atoms with Crippen LogP contribution in [0.2, 0.25) is 0 Å². The Morgan fingerprint density at radius 3 is 2.63 bits per heavy atom. The maximum Gasteiger partial charge on any atom is 0.331 e. The van der Waals surface area contributed by atoms with E-state index in [4.69, 9.17) is 4.42 Å². The molecule has 0 aliphatic rings. The normalized spacial score (nSPS) is 12.1. The van der Waals surface area contributed by atoms with E-state index in [2.05, 4.69) is 5.32 Å². The Balaban J connectivity index is 2.21. The van der Waals surface area contributed by atoms with Gasteiger partial charge in [0.2, 0.25) is 0 Å². The summed E-state index contributed by atoms with van der Waals surface area (Å²) in [6, 6.07) is 3.98. The van der Waals surface area contributed by atoms with Crippen LogP contribution < -0.4 is 5.32 Å². The van der Waals surface area contributed by atoms with Crippen molar-refractivity contribution in [1.29, 1.82) is 0 Å². The molecular weight excluding hydrogens is 266 g/mol. The Kier molecular flexibility index (Phi) is 3.71. The maximum absolute atomic E-state index is 12.1. The van der Waals surface area contributed by atoms with Crippen LogP contribution in [0.1, 0.15) is 32.8 Å². The molecule has 2 aromatic heterocycles. The van der Waals surface area contributed by atoms with Crippen molar-refractivity contribution in [2.24, 2.45) is 0 Å². The lowest BCUT2D eigenvalue weighted by molar-refractivity contribution is -0.139. The predicted octanol–water partition coefficient (Wildman–Crippen LogP) is 2.51. The van der Waals surface area contributed by atoms with E-state index in [1.54, 1.807) is 37.4 Å². The van der Waals surface area contributed by atoms with Crippen LogP contribution in [0, 0.1) is 13.8 Å². The summed E-state index contributed by atoms with van der Waals surface area (Å²) in [4.78, 5) is 23.9. The Hall–Kier alpha value is -2.08. The van der Waals surface area contributed by atoms with Gasteiger partial charge in [0.1, 0.15) is 11.5 Å². The van der Waals surface area contributed by atoms with Gasteiger partial charge in [-0.1, -0.05) is 6.07 Å². The van der Waals surface area contributed by atoms with Crippen LogP contribution in [0.5, 0.6) is 0 Å². The second-order valence-electron chi connectivity index (χ2n) is 4.09. The minimum absolute atomic E-state index is 0.361. The summed E-state index contributed by atoms with van der Waals surface area (Å²) in [5, 5.41) is 13.5. The lowest BCUT2D eigenvalue weighted by Crippen LogP contribution is -2.33. The van der Waals surface area contributed by atoms with Crippen molar-refractivity contribution in [3.63, 3.8) is 0 Å². The summed E-state index contributed by atoms with van der Waals surface area (Å²) >= 11 is 1.29. The van der Waals surface area contributed by atoms with Gasteiger partial charge in [-0.25, -0.2) is 4.79 Å². The summed E-state index contributed by atoms with van der Waals surface area (Å²) in [7, 11) is 0. The van der Waals surface area contributed by atoms with E-state index in [0.29, 0.717) is 22.0 Å². The van der Waals surface area contributed by atoms with Gasteiger partial charge in [0.25, 0.3) is 5.91 Å². The van der Waals surface area contributed by atoms with Gasteiger partial charge in [-0.05, 0) is 31.4 Å². The van der Waals surface area contributed by atoms with E-state index in [1.165, 1.54) is 11.3 Å². The van der Waals surface area contributed by atoms with Crippen LogP contribution in [0.25, 0.3) is 0 Å². The van der Waals surface area contributed by atoms with E-state index in [9.17, 15) is 14.7 Å². The SMILES string of the molecule is Cc1cc(C(=O)NC(C(=O)O)c2cccs2)c(C)o1. The lowest BCUT2D eigenvalue weighted by Gasteiger charge is -2.12. The molecule has 1 amide bonds. The summed E-state index contributed by atoms with van der Waals surface area (Å²) in [5.74, 6) is -0.445. The van der Waals surface area contributed by atoms with Crippen molar-refractivity contribution in [3.05, 3.63) is 45.5 Å². The first-order chi connectivity index (χ1) is 8.99. The topological polar surface area (TPSA) is 79.5 Å². The number of aryl methyl sites for hydroxylation is 2. The van der Waals surface area contributed by atoms with Gasteiger partial charge in [-0.3, -0.25) is 4.79 Å². The first-order valence-electron chi connectivity index (χ1n) is 5.63. The van der Waals surface area contributed by atoms with Gasteiger partial charge < -0.3 is 14.8 Å². The maximum atomic E-state index is 12.1. The van der Waals surface area contributed by atoms with Crippen molar-refractivity contribution in [1.82, 2.24) is 5.32 Å². The molecule has 0 aliphatic carbocycles. The number of hydrogen-bond acceptors (Lipinski definition) is 4. The fraction of sp³-hybridized carbons (Fsp3) is 0.231. The van der Waals surface area contributed by atoms with E-state index in [1.807, 2.05) is 0 Å². The summed E-state index contributed by atoms with van der Waals surface area (Å²) in [6.07, 6.45) is 0. The molecule has 0 spiro atoms. The monoisotopic (exact) mass is 279 g/mol. The van der Waals surface area contributed by atoms with Gasteiger partial charge in [0, 0.05) is 4.88 Å². The van der Waals surface area contributed by atoms with E-state index < -0.39 is 17.9 Å². The third-order valence-electron chi connectivity index (χ3n) is 2.64. The quantitative estimate of drug-likeness (QED) is 0.901. The van der Waals surface area contributed by atoms with Crippen LogP contribution in [-0.2, 0) is 4.79 Å². The highest BCUT2D eigenvalue weighted by atomic mass is 32.1. The fourth-order valence-corrected chi connectivity index (χ4v) is 2.54. The van der Waals surface area contributed by atoms with Gasteiger partial charge in [-0.2, -0.15) is 0 Å². The largest absolute Gasteiger partial charge is 0.479 e. The lowest BCUT2D eigenvalue weighted by atomic mass is 10.2. The Labute approximate surface area is 113 Å². The summed E-state index contributed by atoms with van der Waals surface area (Å²) in [5.41, 5.74) is 0.361. The highest BCUT2D eigenvalue weighted by molar-refractivity contribution is 7.10. The van der Waals surface area contributed by atoms with Crippen LogP contribution in [0.4, 0.5) is 0 Å². The summed E-state index contributed by atoms with van der Waals surface area (Å²) in [6.45, 7) is 3.40. The predicted molar refractivity (Wildman–Crippen MR) is 70.3 cm³/mol. The van der Waals surface area contributed by atoms with Crippen LogP contribution >= 0.6 is 11.3 Å². The molecule has 100 valence electrons. The smallest absolute Gasteiger partial charge is 0.331 e. The number of carbonyl (C=O) groups excluding carboxylic acids is 1. The zero-order valence-corrected chi connectivity index (χ0v) is 11.3. The average molecular weight is 279 g/mol. The Morgan fingerprint density at radius 1 is 1.42 bits per heavy atom. The van der Waals surface area contributed by atoms with E-state index in [0.717, 1.165) is 0 Å². The molecular formula is C13H13NO4S. The molecule has 6 heteroatoms. The second-order valence-corrected chi connectivity index (χ2v) is 5.07. The number of carboxylic acids is 1. The molecule has 2 aromatic rings. The highest BCUT2D eigenvalue weighted by Gasteiger charge is 2.25. The molecule has 0 aromatic carbocycles. The number of carboxylic acid groups (broad SMARTS) is 1. The van der Waals surface area contributed by atoms with Crippen molar-refractivity contribution >= 4 is 23.2 Å². The number of carbonyl (C=O) groups is 2. The molecule has 2 rings (SSSR count). The van der Waals surface area contributed by atoms with Gasteiger partial charge >= 0.3 is 5.97 Å². The average Bonchev–Trinajstić information content (AvgIpc) is 2.95. The van der Waals surface area contributed by atoms with Gasteiger partial charge in [0.15, 0.2) is 6.04 Å². The number of aliphatic carboxylic acids is 1. The zero-order chi connectivity index (χ0) is 14.0. The van der Waals surface area contributed by atoms with Crippen LogP contribution in [-0.4, -0.2) is 17.0 Å². The minimum atomic E-state index is -1.09. The van der Waals surface area contributed by atoms with E-state index >= 15 is 0 Å². The van der Waals surface area contributed by atoms with Crippen molar-refractivity contribution in [2.75, 3.05) is 0 Å². The molecule has 1 atom stereocenters. The van der Waals surface area contributed by atoms with Gasteiger partial charge in [0.05, 0.1) is 5.56 Å². The molecule has 0 aliphatic heterocycles. The standard InChI is InChI=1S/C13H13NO4S/c1-7-6-9(8(2)18-7)12(15)14-11(13(16)17)10-4-3-5-19-10/h3-6,11H,1-2H3,(H,14,15)(H,16,17). The molecule has 0 saturated heterocycles. The number of furan rings is 1. The summed E-state index contributed by atoms with van der Waals surface area (Å²) < 4.78 is 5.26. The third-order valence-corrected chi connectivity index (χ3v) is 3.57. The number of nitrogens with one attached hydrogen (secondary N) is 1. The van der Waals surface area contributed by atoms with Crippen LogP contribution in [0.15, 0.2) is 28.0 Å². The molecule has 19 heavy (non-hydrogen) atoms. The molecule has 2 heterocycles. The second kappa shape index (κ2) is 5.27. The van der Waals surface area contributed by atoms with Crippen LogP contribution in [0.3, 0.4) is 0 Å². The first-order valence-corrected chi connectivity index (χ1v) is 6.51. The van der Waals surface area contributed by atoms with Gasteiger partial charge in [-0.15, -0.1) is 11.3 Å². The zero-order valence-electron chi connectivity index (χ0n) is 10.5. The molecule has 0 fully saturated rings. The Morgan fingerprint density at radius 2 is 2.16 bits per heavy atom. The number of thiophene rings is 1. The van der Waals surface area contributed by atoms with Crippen molar-refractivity contribution < 1.29 is 19.1 Å². The Bertz CT molecular complexity index is 600.